The molecular formula is C14H23N5O2. The van der Waals surface area contributed by atoms with E-state index in [1.807, 2.05) is 25.3 Å². The molecule has 0 spiro atoms. The lowest BCUT2D eigenvalue weighted by Crippen LogP contribution is -2.43. The summed E-state index contributed by atoms with van der Waals surface area (Å²) in [5.41, 5.74) is 0. The third kappa shape index (κ3) is 3.80. The number of piperidine rings is 1. The number of nitrogens with zero attached hydrogens (tertiary/aromatic N) is 4. The van der Waals surface area contributed by atoms with Crippen molar-refractivity contribution in [1.82, 2.24) is 25.0 Å². The molecule has 2 rings (SSSR count). The number of rotatable bonds is 5. The van der Waals surface area contributed by atoms with E-state index in [0.717, 1.165) is 18.7 Å². The molecule has 1 atom stereocenters. The molecule has 0 unspecified atom stereocenters. The van der Waals surface area contributed by atoms with Gasteiger partial charge < -0.3 is 14.8 Å². The van der Waals surface area contributed by atoms with Crippen molar-refractivity contribution in [2.75, 3.05) is 13.1 Å². The zero-order valence-corrected chi connectivity index (χ0v) is 12.9. The Morgan fingerprint density at radius 2 is 2.14 bits per heavy atom. The summed E-state index contributed by atoms with van der Waals surface area (Å²) in [5, 5.41) is 10.9. The SMILES string of the molecule is CC(C)n1cnnc1[C@@H](C)NC(=O)CN1CCCCC1=O. The largest absolute Gasteiger partial charge is 0.345 e. The number of hydrogen-bond donors (Lipinski definition) is 1. The van der Waals surface area contributed by atoms with Crippen molar-refractivity contribution < 1.29 is 9.59 Å². The number of hydrogen-bond acceptors (Lipinski definition) is 4. The molecule has 1 aromatic heterocycles. The van der Waals surface area contributed by atoms with Gasteiger partial charge in [0.1, 0.15) is 6.33 Å². The quantitative estimate of drug-likeness (QED) is 0.880. The summed E-state index contributed by atoms with van der Waals surface area (Å²) in [6, 6.07) is 0.000293. The lowest BCUT2D eigenvalue weighted by Gasteiger charge is -2.26. The molecule has 1 fully saturated rings. The molecule has 7 heteroatoms. The number of carbonyl (C=O) groups is 2. The van der Waals surface area contributed by atoms with E-state index in [0.29, 0.717) is 13.0 Å². The van der Waals surface area contributed by atoms with Gasteiger partial charge in [-0.05, 0) is 33.6 Å². The normalized spacial score (nSPS) is 17.1. The molecule has 1 aliphatic rings. The first-order chi connectivity index (χ1) is 9.99. The van der Waals surface area contributed by atoms with Crippen LogP contribution >= 0.6 is 0 Å². The van der Waals surface area contributed by atoms with Crippen LogP contribution in [0.4, 0.5) is 0 Å². The van der Waals surface area contributed by atoms with Crippen LogP contribution in [0.15, 0.2) is 6.33 Å². The number of nitrogens with one attached hydrogen (secondary N) is 1. The van der Waals surface area contributed by atoms with Crippen LogP contribution in [0, 0.1) is 0 Å². The van der Waals surface area contributed by atoms with Crippen LogP contribution in [0.3, 0.4) is 0 Å². The van der Waals surface area contributed by atoms with E-state index in [1.54, 1.807) is 11.2 Å². The minimum atomic E-state index is -0.234. The summed E-state index contributed by atoms with van der Waals surface area (Å²) in [4.78, 5) is 25.4. The second kappa shape index (κ2) is 6.69. The molecule has 1 saturated heterocycles. The molecule has 0 aliphatic carbocycles. The first kappa shape index (κ1) is 15.5. The number of carbonyl (C=O) groups excluding carboxylic acids is 2. The Morgan fingerprint density at radius 3 is 2.81 bits per heavy atom. The number of likely N-dealkylation sites (tertiary alicyclic amines) is 1. The molecule has 0 aromatic carbocycles. The molecule has 2 amide bonds. The van der Waals surface area contributed by atoms with Gasteiger partial charge in [-0.2, -0.15) is 0 Å². The molecule has 0 bridgehead atoms. The fraction of sp³-hybridized carbons (Fsp3) is 0.714. The maximum absolute atomic E-state index is 12.1. The predicted octanol–water partition coefficient (Wildman–Crippen LogP) is 1.05. The topological polar surface area (TPSA) is 80.1 Å². The van der Waals surface area contributed by atoms with Crippen LogP contribution in [0.25, 0.3) is 0 Å². The Balaban J connectivity index is 1.92. The number of aromatic nitrogens is 3. The first-order valence-corrected chi connectivity index (χ1v) is 7.45. The second-order valence-electron chi connectivity index (χ2n) is 5.75. The Hall–Kier alpha value is -1.92. The molecule has 116 valence electrons. The summed E-state index contributed by atoms with van der Waals surface area (Å²) in [7, 11) is 0. The van der Waals surface area contributed by atoms with Crippen LogP contribution < -0.4 is 5.32 Å². The zero-order valence-electron chi connectivity index (χ0n) is 12.9. The number of amides is 2. The minimum Gasteiger partial charge on any atom is -0.345 e. The van der Waals surface area contributed by atoms with E-state index >= 15 is 0 Å². The predicted molar refractivity (Wildman–Crippen MR) is 77.4 cm³/mol. The van der Waals surface area contributed by atoms with E-state index in [1.165, 1.54) is 0 Å². The maximum Gasteiger partial charge on any atom is 0.240 e. The lowest BCUT2D eigenvalue weighted by molar-refractivity contribution is -0.138. The summed E-state index contributed by atoms with van der Waals surface area (Å²) in [6.45, 7) is 6.74. The summed E-state index contributed by atoms with van der Waals surface area (Å²) in [5.74, 6) is 0.633. The third-order valence-corrected chi connectivity index (χ3v) is 3.68. The van der Waals surface area contributed by atoms with Gasteiger partial charge in [-0.15, -0.1) is 10.2 Å². The molecular weight excluding hydrogens is 270 g/mol. The van der Waals surface area contributed by atoms with Gasteiger partial charge in [0.2, 0.25) is 11.8 Å². The second-order valence-corrected chi connectivity index (χ2v) is 5.75. The van der Waals surface area contributed by atoms with Gasteiger partial charge in [0.25, 0.3) is 0 Å². The Kier molecular flexibility index (Phi) is 4.93. The van der Waals surface area contributed by atoms with Crippen LogP contribution in [0.2, 0.25) is 0 Å². The van der Waals surface area contributed by atoms with E-state index in [4.69, 9.17) is 0 Å². The standard InChI is InChI=1S/C14H23N5O2/c1-10(2)19-9-15-17-14(19)11(3)16-12(20)8-18-7-5-4-6-13(18)21/h9-11H,4-8H2,1-3H3,(H,16,20)/t11-/m1/s1. The fourth-order valence-electron chi connectivity index (χ4n) is 2.51. The van der Waals surface area contributed by atoms with Crippen molar-refractivity contribution in [2.24, 2.45) is 0 Å². The Morgan fingerprint density at radius 1 is 1.38 bits per heavy atom. The van der Waals surface area contributed by atoms with Gasteiger partial charge in [-0.3, -0.25) is 9.59 Å². The molecule has 2 heterocycles. The maximum atomic E-state index is 12.1. The molecule has 1 aliphatic heterocycles. The van der Waals surface area contributed by atoms with Gasteiger partial charge in [0.05, 0.1) is 12.6 Å². The highest BCUT2D eigenvalue weighted by atomic mass is 16.2. The van der Waals surface area contributed by atoms with Crippen molar-refractivity contribution in [1.29, 1.82) is 0 Å². The van der Waals surface area contributed by atoms with Gasteiger partial charge in [-0.1, -0.05) is 0 Å². The highest BCUT2D eigenvalue weighted by Crippen LogP contribution is 2.14. The van der Waals surface area contributed by atoms with E-state index < -0.39 is 0 Å². The summed E-state index contributed by atoms with van der Waals surface area (Å²) >= 11 is 0. The molecule has 1 aromatic rings. The van der Waals surface area contributed by atoms with E-state index in [9.17, 15) is 9.59 Å². The van der Waals surface area contributed by atoms with Crippen molar-refractivity contribution in [3.8, 4) is 0 Å². The van der Waals surface area contributed by atoms with Crippen LogP contribution in [0.5, 0.6) is 0 Å². The highest BCUT2D eigenvalue weighted by Gasteiger charge is 2.22. The van der Waals surface area contributed by atoms with E-state index in [2.05, 4.69) is 15.5 Å². The van der Waals surface area contributed by atoms with Crippen LogP contribution in [0.1, 0.15) is 57.9 Å². The smallest absolute Gasteiger partial charge is 0.240 e. The average molecular weight is 293 g/mol. The fourth-order valence-corrected chi connectivity index (χ4v) is 2.51. The lowest BCUT2D eigenvalue weighted by atomic mass is 10.1. The van der Waals surface area contributed by atoms with E-state index in [-0.39, 0.29) is 30.4 Å². The van der Waals surface area contributed by atoms with Crippen LogP contribution in [-0.2, 0) is 9.59 Å². The average Bonchev–Trinajstić information content (AvgIpc) is 2.91. The first-order valence-electron chi connectivity index (χ1n) is 7.45. The van der Waals surface area contributed by atoms with Gasteiger partial charge in [0.15, 0.2) is 5.82 Å². The van der Waals surface area contributed by atoms with Gasteiger partial charge in [0, 0.05) is 19.0 Å². The summed E-state index contributed by atoms with van der Waals surface area (Å²) < 4.78 is 1.93. The van der Waals surface area contributed by atoms with Crippen LogP contribution in [-0.4, -0.2) is 44.6 Å². The van der Waals surface area contributed by atoms with Gasteiger partial charge in [-0.25, -0.2) is 0 Å². The molecule has 21 heavy (non-hydrogen) atoms. The van der Waals surface area contributed by atoms with Crippen molar-refractivity contribution in [3.63, 3.8) is 0 Å². The Labute approximate surface area is 124 Å². The Bertz CT molecular complexity index is 511. The van der Waals surface area contributed by atoms with Crippen molar-refractivity contribution in [3.05, 3.63) is 12.2 Å². The monoisotopic (exact) mass is 293 g/mol. The minimum absolute atomic E-state index is 0.0643. The molecule has 0 saturated carbocycles. The molecule has 7 nitrogen and oxygen atoms in total. The van der Waals surface area contributed by atoms with Gasteiger partial charge >= 0.3 is 0 Å². The third-order valence-electron chi connectivity index (χ3n) is 3.68. The summed E-state index contributed by atoms with van der Waals surface area (Å²) in [6.07, 6.45) is 4.10. The molecule has 0 radical (unpaired) electrons. The zero-order chi connectivity index (χ0) is 15.4. The molecule has 1 N–H and O–H groups in total. The highest BCUT2D eigenvalue weighted by molar-refractivity contribution is 5.85. The van der Waals surface area contributed by atoms with Crippen molar-refractivity contribution in [2.45, 2.75) is 52.1 Å². The van der Waals surface area contributed by atoms with Crippen molar-refractivity contribution >= 4 is 11.8 Å².